The number of carbonyl (C=O) groups is 4. The summed E-state index contributed by atoms with van der Waals surface area (Å²) in [6, 6.07) is 14.1. The molecule has 222 valence electrons. The predicted octanol–water partition coefficient (Wildman–Crippen LogP) is 2.33. The van der Waals surface area contributed by atoms with Gasteiger partial charge in [-0.1, -0.05) is 49.4 Å². The van der Waals surface area contributed by atoms with Crippen molar-refractivity contribution >= 4 is 23.5 Å². The Hall–Kier alpha value is -3.76. The van der Waals surface area contributed by atoms with Crippen molar-refractivity contribution in [1.29, 1.82) is 0 Å². The van der Waals surface area contributed by atoms with Crippen LogP contribution in [0.15, 0.2) is 54.6 Å². The molecule has 2 aromatic rings. The van der Waals surface area contributed by atoms with Gasteiger partial charge < -0.3 is 30.2 Å². The van der Waals surface area contributed by atoms with E-state index in [0.717, 1.165) is 24.0 Å². The molecule has 0 heterocycles. The van der Waals surface area contributed by atoms with Gasteiger partial charge in [0.05, 0.1) is 26.2 Å². The molecule has 0 spiro atoms. The molecule has 1 aliphatic rings. The summed E-state index contributed by atoms with van der Waals surface area (Å²) in [7, 11) is 3.05. The first kappa shape index (κ1) is 31.8. The van der Waals surface area contributed by atoms with Crippen molar-refractivity contribution < 1.29 is 33.4 Å². The van der Waals surface area contributed by atoms with Crippen LogP contribution in [0.2, 0.25) is 0 Å². The van der Waals surface area contributed by atoms with Gasteiger partial charge in [0.15, 0.2) is 5.78 Å². The van der Waals surface area contributed by atoms with Gasteiger partial charge in [-0.25, -0.2) is 0 Å². The smallest absolute Gasteiger partial charge is 0.243 e. The zero-order valence-corrected chi connectivity index (χ0v) is 24.2. The molecule has 0 saturated heterocycles. The maximum absolute atomic E-state index is 13.7. The molecule has 3 rings (SSSR count). The SMILES string of the molecule is COCOCCC(=O)NC(C)C(=O)NC(Cc1ccc(OC)cc1)C(=O)NC(Cc1ccccc1)C(=O)C1(C)CC1. The highest BCUT2D eigenvalue weighted by atomic mass is 16.7. The fourth-order valence-corrected chi connectivity index (χ4v) is 4.38. The van der Waals surface area contributed by atoms with Crippen LogP contribution in [0.3, 0.4) is 0 Å². The highest BCUT2D eigenvalue weighted by molar-refractivity contribution is 5.97. The van der Waals surface area contributed by atoms with Crippen LogP contribution in [0.5, 0.6) is 5.75 Å². The third-order valence-electron chi connectivity index (χ3n) is 7.19. The summed E-state index contributed by atoms with van der Waals surface area (Å²) in [4.78, 5) is 52.4. The summed E-state index contributed by atoms with van der Waals surface area (Å²) in [6.45, 7) is 3.67. The number of hydrogen-bond donors (Lipinski definition) is 3. The van der Waals surface area contributed by atoms with E-state index in [9.17, 15) is 19.2 Å². The second-order valence-electron chi connectivity index (χ2n) is 10.6. The largest absolute Gasteiger partial charge is 0.497 e. The fourth-order valence-electron chi connectivity index (χ4n) is 4.38. The van der Waals surface area contributed by atoms with Crippen molar-refractivity contribution in [3.8, 4) is 5.75 Å². The van der Waals surface area contributed by atoms with Crippen LogP contribution in [-0.4, -0.2) is 69.2 Å². The van der Waals surface area contributed by atoms with Crippen molar-refractivity contribution in [3.05, 3.63) is 65.7 Å². The number of Topliss-reactive ketones (excluding diaryl/α,β-unsaturated/α-hetero) is 1. The van der Waals surface area contributed by atoms with E-state index in [0.29, 0.717) is 12.2 Å². The van der Waals surface area contributed by atoms with E-state index < -0.39 is 35.4 Å². The van der Waals surface area contributed by atoms with E-state index in [4.69, 9.17) is 14.2 Å². The van der Waals surface area contributed by atoms with Crippen LogP contribution >= 0.6 is 0 Å². The van der Waals surface area contributed by atoms with Gasteiger partial charge in [-0.05, 0) is 49.4 Å². The molecule has 3 N–H and O–H groups in total. The van der Waals surface area contributed by atoms with E-state index >= 15 is 0 Å². The van der Waals surface area contributed by atoms with Gasteiger partial charge in [0.25, 0.3) is 0 Å². The molecule has 10 heteroatoms. The molecule has 1 fully saturated rings. The molecule has 0 aromatic heterocycles. The summed E-state index contributed by atoms with van der Waals surface area (Å²) < 4.78 is 15.1. The lowest BCUT2D eigenvalue weighted by Gasteiger charge is -2.26. The Morgan fingerprint density at radius 3 is 2.05 bits per heavy atom. The number of carbonyl (C=O) groups excluding carboxylic acids is 4. The molecule has 0 aliphatic heterocycles. The molecule has 0 bridgehead atoms. The van der Waals surface area contributed by atoms with Crippen molar-refractivity contribution in [3.63, 3.8) is 0 Å². The van der Waals surface area contributed by atoms with Gasteiger partial charge in [-0.3, -0.25) is 19.2 Å². The second-order valence-corrected chi connectivity index (χ2v) is 10.6. The number of ketones is 1. The van der Waals surface area contributed by atoms with Crippen LogP contribution in [0.1, 0.15) is 44.2 Å². The summed E-state index contributed by atoms with van der Waals surface area (Å²) in [5.41, 5.74) is 1.27. The molecule has 1 saturated carbocycles. The number of hydrogen-bond acceptors (Lipinski definition) is 7. The van der Waals surface area contributed by atoms with Crippen molar-refractivity contribution in [1.82, 2.24) is 16.0 Å². The molecular formula is C31H41N3O7. The summed E-state index contributed by atoms with van der Waals surface area (Å²) >= 11 is 0. The normalized spacial score (nSPS) is 15.6. The minimum atomic E-state index is -0.988. The van der Waals surface area contributed by atoms with Gasteiger partial charge in [-0.15, -0.1) is 0 Å². The number of amides is 3. The predicted molar refractivity (Wildman–Crippen MR) is 153 cm³/mol. The zero-order chi connectivity index (χ0) is 29.8. The Kier molecular flexibility index (Phi) is 11.9. The molecule has 1 aliphatic carbocycles. The number of ether oxygens (including phenoxy) is 3. The molecule has 10 nitrogen and oxygen atoms in total. The average Bonchev–Trinajstić information content (AvgIpc) is 3.73. The first-order chi connectivity index (χ1) is 19.6. The third-order valence-corrected chi connectivity index (χ3v) is 7.19. The highest BCUT2D eigenvalue weighted by Gasteiger charge is 2.48. The van der Waals surface area contributed by atoms with Crippen molar-refractivity contribution in [2.45, 2.75) is 64.1 Å². The lowest BCUT2D eigenvalue weighted by atomic mass is 9.92. The van der Waals surface area contributed by atoms with Gasteiger partial charge in [0.1, 0.15) is 24.6 Å². The van der Waals surface area contributed by atoms with Crippen LogP contribution in [0.25, 0.3) is 0 Å². The fraction of sp³-hybridized carbons (Fsp3) is 0.484. The van der Waals surface area contributed by atoms with Crippen LogP contribution < -0.4 is 20.7 Å². The molecule has 0 radical (unpaired) electrons. The topological polar surface area (TPSA) is 132 Å². The number of benzene rings is 2. The van der Waals surface area contributed by atoms with Gasteiger partial charge in [-0.2, -0.15) is 0 Å². The number of rotatable bonds is 17. The van der Waals surface area contributed by atoms with E-state index in [2.05, 4.69) is 16.0 Å². The van der Waals surface area contributed by atoms with E-state index in [1.807, 2.05) is 49.4 Å². The molecule has 41 heavy (non-hydrogen) atoms. The zero-order valence-electron chi connectivity index (χ0n) is 24.2. The summed E-state index contributed by atoms with van der Waals surface area (Å²) in [5.74, 6) is -0.716. The molecular weight excluding hydrogens is 526 g/mol. The molecule has 3 atom stereocenters. The van der Waals surface area contributed by atoms with Crippen molar-refractivity contribution in [2.75, 3.05) is 27.6 Å². The Morgan fingerprint density at radius 1 is 0.829 bits per heavy atom. The minimum absolute atomic E-state index is 0.0134. The Balaban J connectivity index is 1.73. The second kappa shape index (κ2) is 15.3. The number of methoxy groups -OCH3 is 2. The number of nitrogens with one attached hydrogen (secondary N) is 3. The Labute approximate surface area is 241 Å². The lowest BCUT2D eigenvalue weighted by molar-refractivity contribution is -0.134. The maximum atomic E-state index is 13.7. The summed E-state index contributed by atoms with van der Waals surface area (Å²) in [6.07, 6.45) is 2.15. The average molecular weight is 568 g/mol. The quantitative estimate of drug-likeness (QED) is 0.197. The van der Waals surface area contributed by atoms with Crippen LogP contribution in [-0.2, 0) is 41.5 Å². The minimum Gasteiger partial charge on any atom is -0.497 e. The highest BCUT2D eigenvalue weighted by Crippen LogP contribution is 2.46. The molecule has 2 aromatic carbocycles. The van der Waals surface area contributed by atoms with E-state index in [1.165, 1.54) is 7.11 Å². The standard InChI is InChI=1S/C31H41N3O7/c1-21(32-27(35)14-17-41-20-39-3)29(37)34-26(19-23-10-12-24(40-4)13-11-23)30(38)33-25(28(36)31(2)15-16-31)18-22-8-6-5-7-9-22/h5-13,21,25-26H,14-20H2,1-4H3,(H,32,35)(H,33,38)(H,34,37). The monoisotopic (exact) mass is 567 g/mol. The first-order valence-corrected chi connectivity index (χ1v) is 13.8. The Morgan fingerprint density at radius 2 is 1.44 bits per heavy atom. The van der Waals surface area contributed by atoms with Crippen LogP contribution in [0.4, 0.5) is 0 Å². The van der Waals surface area contributed by atoms with Crippen LogP contribution in [0, 0.1) is 5.41 Å². The maximum Gasteiger partial charge on any atom is 0.243 e. The van der Waals surface area contributed by atoms with Crippen molar-refractivity contribution in [2.24, 2.45) is 5.41 Å². The van der Waals surface area contributed by atoms with Gasteiger partial charge in [0, 0.05) is 18.9 Å². The first-order valence-electron chi connectivity index (χ1n) is 13.8. The summed E-state index contributed by atoms with van der Waals surface area (Å²) in [5, 5.41) is 8.34. The molecule has 3 unspecified atom stereocenters. The van der Waals surface area contributed by atoms with Gasteiger partial charge in [0.2, 0.25) is 17.7 Å². The van der Waals surface area contributed by atoms with Gasteiger partial charge >= 0.3 is 0 Å². The molecule has 3 amide bonds. The lowest BCUT2D eigenvalue weighted by Crippen LogP contribution is -2.56. The Bertz CT molecular complexity index is 1170. The third kappa shape index (κ3) is 9.98. The van der Waals surface area contributed by atoms with E-state index in [1.54, 1.807) is 26.2 Å². The van der Waals surface area contributed by atoms with E-state index in [-0.39, 0.29) is 37.9 Å².